The third kappa shape index (κ3) is 4.65. The van der Waals surface area contributed by atoms with Gasteiger partial charge in [0, 0.05) is 5.92 Å². The van der Waals surface area contributed by atoms with Crippen LogP contribution in [0.4, 0.5) is 0 Å². The van der Waals surface area contributed by atoms with Crippen molar-refractivity contribution in [2.24, 2.45) is 5.92 Å². The maximum atomic E-state index is 11.0. The van der Waals surface area contributed by atoms with Crippen molar-refractivity contribution in [3.63, 3.8) is 0 Å². The number of rotatable bonds is 5. The lowest BCUT2D eigenvalue weighted by atomic mass is 10.1. The van der Waals surface area contributed by atoms with E-state index in [1.165, 1.54) is 0 Å². The monoisotopic (exact) mass is 194 g/mol. The Morgan fingerprint density at radius 1 is 1.58 bits per heavy atom. The third-order valence-corrected chi connectivity index (χ3v) is 2.70. The molecule has 1 atom stereocenters. The lowest BCUT2D eigenvalue weighted by Gasteiger charge is -2.10. The highest BCUT2D eigenvalue weighted by molar-refractivity contribution is 7.53. The van der Waals surface area contributed by atoms with E-state index in [9.17, 15) is 9.36 Å². The maximum absolute atomic E-state index is 11.0. The van der Waals surface area contributed by atoms with Gasteiger partial charge in [0.1, 0.15) is 11.9 Å². The molecule has 0 aliphatic carbocycles. The van der Waals surface area contributed by atoms with Crippen LogP contribution in [0.25, 0.3) is 0 Å². The fourth-order valence-corrected chi connectivity index (χ4v) is 1.88. The Bertz CT molecular complexity index is 200. The van der Waals surface area contributed by atoms with Gasteiger partial charge in [0.15, 0.2) is 0 Å². The van der Waals surface area contributed by atoms with E-state index in [1.54, 1.807) is 20.8 Å². The minimum absolute atomic E-state index is 0.152. The summed E-state index contributed by atoms with van der Waals surface area (Å²) in [5.74, 6) is -0.458. The molecule has 1 unspecified atom stereocenters. The summed E-state index contributed by atoms with van der Waals surface area (Å²) in [6.45, 7) is 5.14. The van der Waals surface area contributed by atoms with Crippen LogP contribution in [0.5, 0.6) is 0 Å². The second-order valence-corrected chi connectivity index (χ2v) is 4.68. The molecule has 0 amide bonds. The van der Waals surface area contributed by atoms with Gasteiger partial charge in [-0.15, -0.1) is 0 Å². The zero-order chi connectivity index (χ0) is 9.78. The lowest BCUT2D eigenvalue weighted by Crippen LogP contribution is -2.13. The summed E-state index contributed by atoms with van der Waals surface area (Å²) in [5.41, 5.74) is 0. The first kappa shape index (κ1) is 11.8. The normalized spacial score (nSPS) is 16.1. The smallest absolute Gasteiger partial charge is 0.324 e. The van der Waals surface area contributed by atoms with E-state index < -0.39 is 7.60 Å². The number of Topliss-reactive ketones (excluding diaryl/α,β-unsaturated/α-hetero) is 1. The highest BCUT2D eigenvalue weighted by Crippen LogP contribution is 2.41. The van der Waals surface area contributed by atoms with E-state index in [0.717, 1.165) is 0 Å². The molecule has 5 heteroatoms. The molecular formula is C7H15O4P. The van der Waals surface area contributed by atoms with Gasteiger partial charge in [-0.2, -0.15) is 0 Å². The fourth-order valence-electron chi connectivity index (χ4n) is 0.627. The van der Waals surface area contributed by atoms with Crippen LogP contribution in [0.15, 0.2) is 0 Å². The second-order valence-electron chi connectivity index (χ2n) is 2.83. The van der Waals surface area contributed by atoms with Gasteiger partial charge < -0.3 is 9.42 Å². The molecule has 12 heavy (non-hydrogen) atoms. The Kier molecular flexibility index (Phi) is 4.68. The van der Waals surface area contributed by atoms with Crippen LogP contribution in [0.2, 0.25) is 0 Å². The summed E-state index contributed by atoms with van der Waals surface area (Å²) in [6.07, 6.45) is -0.376. The number of carbonyl (C=O) groups is 1. The average molecular weight is 194 g/mol. The number of carbonyl (C=O) groups excluding carboxylic acids is 1. The number of hydrogen-bond donors (Lipinski definition) is 1. The Morgan fingerprint density at radius 3 is 2.42 bits per heavy atom. The van der Waals surface area contributed by atoms with Gasteiger partial charge >= 0.3 is 7.60 Å². The van der Waals surface area contributed by atoms with Gasteiger partial charge in [-0.05, 0) is 6.92 Å². The van der Waals surface area contributed by atoms with Crippen LogP contribution in [0.3, 0.4) is 0 Å². The van der Waals surface area contributed by atoms with E-state index in [1.807, 2.05) is 0 Å². The van der Waals surface area contributed by atoms with Crippen molar-refractivity contribution < 1.29 is 18.8 Å². The molecule has 0 aromatic heterocycles. The van der Waals surface area contributed by atoms with Crippen LogP contribution in [-0.4, -0.2) is 23.4 Å². The quantitative estimate of drug-likeness (QED) is 0.672. The lowest BCUT2D eigenvalue weighted by molar-refractivity contribution is -0.119. The van der Waals surface area contributed by atoms with Gasteiger partial charge in [-0.1, -0.05) is 13.8 Å². The van der Waals surface area contributed by atoms with E-state index in [0.29, 0.717) is 0 Å². The predicted molar refractivity (Wildman–Crippen MR) is 46.2 cm³/mol. The summed E-state index contributed by atoms with van der Waals surface area (Å²) in [7, 11) is -3.65. The minimum Gasteiger partial charge on any atom is -0.324 e. The summed E-state index contributed by atoms with van der Waals surface area (Å²) in [6, 6.07) is 0. The summed E-state index contributed by atoms with van der Waals surface area (Å²) >= 11 is 0. The molecule has 0 bridgehead atoms. The molecule has 0 aliphatic heterocycles. The summed E-state index contributed by atoms with van der Waals surface area (Å²) in [4.78, 5) is 20.1. The fraction of sp³-hybridized carbons (Fsp3) is 0.857. The van der Waals surface area contributed by atoms with Gasteiger partial charge in [-0.25, -0.2) is 0 Å². The molecule has 0 aromatic rings. The molecule has 0 radical (unpaired) electrons. The van der Waals surface area contributed by atoms with E-state index >= 15 is 0 Å². The first-order chi connectivity index (χ1) is 5.39. The highest BCUT2D eigenvalue weighted by Gasteiger charge is 2.24. The van der Waals surface area contributed by atoms with E-state index in [4.69, 9.17) is 4.89 Å². The zero-order valence-corrected chi connectivity index (χ0v) is 8.51. The van der Waals surface area contributed by atoms with Crippen molar-refractivity contribution in [3.8, 4) is 0 Å². The third-order valence-electron chi connectivity index (χ3n) is 1.33. The van der Waals surface area contributed by atoms with Crippen molar-refractivity contribution in [2.45, 2.75) is 20.8 Å². The van der Waals surface area contributed by atoms with Crippen molar-refractivity contribution in [2.75, 3.05) is 12.8 Å². The summed E-state index contributed by atoms with van der Waals surface area (Å²) < 4.78 is 15.6. The first-order valence-electron chi connectivity index (χ1n) is 3.88. The Hall–Kier alpha value is -0.180. The van der Waals surface area contributed by atoms with Crippen LogP contribution in [0, 0.1) is 5.92 Å². The molecule has 0 spiro atoms. The van der Waals surface area contributed by atoms with Crippen LogP contribution < -0.4 is 0 Å². The molecule has 0 saturated heterocycles. The Morgan fingerprint density at radius 2 is 2.08 bits per heavy atom. The molecule has 0 aromatic carbocycles. The molecule has 0 fully saturated rings. The van der Waals surface area contributed by atoms with Crippen molar-refractivity contribution in [1.82, 2.24) is 0 Å². The van der Waals surface area contributed by atoms with Crippen molar-refractivity contribution in [3.05, 3.63) is 0 Å². The van der Waals surface area contributed by atoms with E-state index in [2.05, 4.69) is 4.52 Å². The number of hydrogen-bond acceptors (Lipinski definition) is 3. The van der Waals surface area contributed by atoms with Crippen molar-refractivity contribution in [1.29, 1.82) is 0 Å². The average Bonchev–Trinajstić information content (AvgIpc) is 1.85. The standard InChI is InChI=1S/C7H15O4P/c1-4-11-12(9,10)5-7(8)6(2)3/h6H,4-5H2,1-3H3,(H,9,10). The summed E-state index contributed by atoms with van der Waals surface area (Å²) in [5, 5.41) is 0. The molecule has 0 aliphatic rings. The zero-order valence-electron chi connectivity index (χ0n) is 7.61. The van der Waals surface area contributed by atoms with Crippen molar-refractivity contribution >= 4 is 13.4 Å². The highest BCUT2D eigenvalue weighted by atomic mass is 31.2. The molecular weight excluding hydrogens is 179 g/mol. The predicted octanol–water partition coefficient (Wildman–Crippen LogP) is 1.43. The SMILES string of the molecule is CCOP(=O)(O)CC(=O)C(C)C. The Balaban J connectivity index is 4.06. The van der Waals surface area contributed by atoms with Gasteiger partial charge in [0.05, 0.1) is 6.61 Å². The van der Waals surface area contributed by atoms with Crippen LogP contribution >= 0.6 is 7.60 Å². The number of ketones is 1. The van der Waals surface area contributed by atoms with Gasteiger partial charge in [0.2, 0.25) is 0 Å². The van der Waals surface area contributed by atoms with Gasteiger partial charge in [0.25, 0.3) is 0 Å². The largest absolute Gasteiger partial charge is 0.335 e. The molecule has 72 valence electrons. The topological polar surface area (TPSA) is 63.6 Å². The van der Waals surface area contributed by atoms with Gasteiger partial charge in [-0.3, -0.25) is 9.36 Å². The minimum atomic E-state index is -3.65. The van der Waals surface area contributed by atoms with Crippen LogP contribution in [-0.2, 0) is 13.9 Å². The van der Waals surface area contributed by atoms with E-state index in [-0.39, 0.29) is 24.5 Å². The molecule has 0 rings (SSSR count). The first-order valence-corrected chi connectivity index (χ1v) is 5.64. The Labute approximate surface area is 72.5 Å². The molecule has 1 N–H and O–H groups in total. The maximum Gasteiger partial charge on any atom is 0.335 e. The molecule has 0 saturated carbocycles. The molecule has 4 nitrogen and oxygen atoms in total. The second kappa shape index (κ2) is 4.75. The molecule has 0 heterocycles. The van der Waals surface area contributed by atoms with Crippen LogP contribution in [0.1, 0.15) is 20.8 Å².